The minimum absolute atomic E-state index is 0.00489. The number of rotatable bonds is 64. The number of hydrogen-bond donors (Lipinski definition) is 23. The largest absolute Gasteiger partial charge is 0.481 e. The number of ketones is 1. The molecule has 2 fully saturated rings. The van der Waals surface area contributed by atoms with Crippen molar-refractivity contribution in [1.82, 2.24) is 84.3 Å². The molecular weight excluding hydrogens is 1700 g/mol. The van der Waals surface area contributed by atoms with Crippen LogP contribution in [0.4, 0.5) is 0 Å². The molecular formula is C90H142N20O21. The zero-order valence-corrected chi connectivity index (χ0v) is 76.2. The number of aliphatic carboxylic acids is 1. The topological polar surface area (TPSA) is 660 Å². The summed E-state index contributed by atoms with van der Waals surface area (Å²) in [5.41, 5.74) is 18.7. The number of likely N-dealkylation sites (tertiary alicyclic amines) is 1. The number of aliphatic hydroxyl groups is 3. The first-order valence-corrected chi connectivity index (χ1v) is 46.1. The number of nitrogens with two attached hydrogens (primary N) is 3. The van der Waals surface area contributed by atoms with Crippen LogP contribution in [0, 0.1) is 23.2 Å². The molecule has 15 amide bonds. The van der Waals surface area contributed by atoms with Crippen LogP contribution in [0.1, 0.15) is 226 Å². The van der Waals surface area contributed by atoms with E-state index in [0.717, 1.165) is 32.6 Å². The van der Waals surface area contributed by atoms with E-state index in [4.69, 9.17) is 22.6 Å². The summed E-state index contributed by atoms with van der Waals surface area (Å²) >= 11 is 0. The van der Waals surface area contributed by atoms with E-state index in [1.165, 1.54) is 37.0 Å². The number of Topliss-reactive ketones (excluding diaryl/α,β-unsaturated/α-hetero) is 1. The Morgan fingerprint density at radius 2 is 1.01 bits per heavy atom. The van der Waals surface area contributed by atoms with Crippen molar-refractivity contribution < 1.29 is 102 Å². The number of benzene rings is 2. The van der Waals surface area contributed by atoms with Crippen molar-refractivity contribution in [1.29, 1.82) is 5.41 Å². The van der Waals surface area contributed by atoms with Gasteiger partial charge in [0.2, 0.25) is 88.6 Å². The van der Waals surface area contributed by atoms with Crippen molar-refractivity contribution in [3.05, 3.63) is 71.9 Å². The van der Waals surface area contributed by atoms with Crippen LogP contribution in [0.5, 0.6) is 0 Å². The summed E-state index contributed by atoms with van der Waals surface area (Å²) in [5, 5.41) is 86.8. The van der Waals surface area contributed by atoms with Crippen molar-refractivity contribution in [2.24, 2.45) is 35.0 Å². The van der Waals surface area contributed by atoms with Crippen LogP contribution < -0.4 is 91.6 Å². The molecule has 0 bridgehead atoms. The summed E-state index contributed by atoms with van der Waals surface area (Å²) < 4.78 is 0. The third-order valence-corrected chi connectivity index (χ3v) is 23.2. The van der Waals surface area contributed by atoms with E-state index in [0.29, 0.717) is 54.1 Å². The highest BCUT2D eigenvalue weighted by molar-refractivity contribution is 6.01. The third-order valence-electron chi connectivity index (χ3n) is 23.2. The highest BCUT2D eigenvalue weighted by atomic mass is 16.4. The lowest BCUT2D eigenvalue weighted by molar-refractivity contribution is -0.142. The Kier molecular flexibility index (Phi) is 49.9. The number of aromatic amines is 1. The van der Waals surface area contributed by atoms with Gasteiger partial charge < -0.3 is 122 Å². The van der Waals surface area contributed by atoms with E-state index in [9.17, 15) is 82.8 Å². The molecule has 4 unspecified atom stereocenters. The molecule has 1 aliphatic carbocycles. The molecule has 14 atom stereocenters. The number of guanidine groups is 1. The Balaban J connectivity index is 1.34. The van der Waals surface area contributed by atoms with Crippen molar-refractivity contribution in [3.63, 3.8) is 0 Å². The van der Waals surface area contributed by atoms with E-state index < -0.39 is 224 Å². The van der Waals surface area contributed by atoms with Crippen molar-refractivity contribution in [3.8, 4) is 0 Å². The maximum atomic E-state index is 15.2. The number of fused-ring (bicyclic) bond motifs is 1. The van der Waals surface area contributed by atoms with Crippen LogP contribution in [0.25, 0.3) is 10.9 Å². The molecule has 1 aromatic heterocycles. The van der Waals surface area contributed by atoms with Gasteiger partial charge in [-0.3, -0.25) is 86.9 Å². The molecule has 2 aromatic carbocycles. The van der Waals surface area contributed by atoms with Gasteiger partial charge in [0.1, 0.15) is 60.4 Å². The first kappa shape index (κ1) is 110. The van der Waals surface area contributed by atoms with Gasteiger partial charge in [-0.15, -0.1) is 0 Å². The summed E-state index contributed by atoms with van der Waals surface area (Å²) in [4.78, 5) is 240. The molecule has 0 radical (unpaired) electrons. The number of carbonyl (C=O) groups is 17. The second kappa shape index (κ2) is 59.6. The molecule has 131 heavy (non-hydrogen) atoms. The number of H-pyrrole nitrogens is 1. The Bertz CT molecular complexity index is 4250. The second-order valence-electron chi connectivity index (χ2n) is 34.1. The minimum Gasteiger partial charge on any atom is -0.481 e. The van der Waals surface area contributed by atoms with Crippen molar-refractivity contribution in [2.45, 2.75) is 300 Å². The molecule has 2 aliphatic rings. The number of nitrogens with one attached hydrogen (secondary N) is 16. The lowest BCUT2D eigenvalue weighted by Gasteiger charge is -2.30. The molecule has 26 N–H and O–H groups in total. The zero-order chi connectivity index (χ0) is 96.5. The van der Waals surface area contributed by atoms with Gasteiger partial charge >= 0.3 is 5.97 Å². The number of nitrogens with zero attached hydrogens (tertiary/aromatic N) is 1. The smallest absolute Gasteiger partial charge is 0.303 e. The third kappa shape index (κ3) is 39.5. The second-order valence-corrected chi connectivity index (χ2v) is 34.1. The number of unbranched alkanes of at least 4 members (excludes halogenated alkanes) is 11. The lowest BCUT2D eigenvalue weighted by atomic mass is 9.85. The van der Waals surface area contributed by atoms with Crippen LogP contribution in [-0.4, -0.2) is 262 Å². The molecule has 728 valence electrons. The number of primary amides is 1. The van der Waals surface area contributed by atoms with E-state index in [1.807, 2.05) is 0 Å². The van der Waals surface area contributed by atoms with Crippen LogP contribution in [0.2, 0.25) is 0 Å². The number of carboxylic acid groups (broad SMARTS) is 1. The maximum absolute atomic E-state index is 15.2. The Morgan fingerprint density at radius 3 is 1.61 bits per heavy atom. The number of amides is 15. The fourth-order valence-corrected chi connectivity index (χ4v) is 15.9. The quantitative estimate of drug-likeness (QED) is 0.0186. The van der Waals surface area contributed by atoms with Gasteiger partial charge in [0, 0.05) is 88.2 Å². The Labute approximate surface area is 764 Å². The first-order valence-electron chi connectivity index (χ1n) is 46.1. The average molecular weight is 1840 g/mol. The van der Waals surface area contributed by atoms with Crippen molar-refractivity contribution in [2.75, 3.05) is 52.5 Å². The number of aliphatic hydroxyl groups excluding tert-OH is 3. The molecule has 41 nitrogen and oxygen atoms in total. The van der Waals surface area contributed by atoms with Gasteiger partial charge in [-0.1, -0.05) is 140 Å². The molecule has 1 saturated carbocycles. The highest BCUT2D eigenvalue weighted by Crippen LogP contribution is 2.35. The van der Waals surface area contributed by atoms with Crippen LogP contribution >= 0.6 is 0 Å². The maximum Gasteiger partial charge on any atom is 0.303 e. The van der Waals surface area contributed by atoms with E-state index in [1.54, 1.807) is 81.6 Å². The molecule has 3 aromatic rings. The molecule has 1 saturated heterocycles. The lowest BCUT2D eigenvalue weighted by Crippen LogP contribution is -2.60. The zero-order valence-electron chi connectivity index (χ0n) is 76.2. The van der Waals surface area contributed by atoms with Crippen LogP contribution in [0.15, 0.2) is 60.8 Å². The van der Waals surface area contributed by atoms with Crippen molar-refractivity contribution >= 4 is 117 Å². The molecule has 0 spiro atoms. The molecule has 2 heterocycles. The minimum atomic E-state index is -1.83. The Hall–Kier alpha value is -11.7. The summed E-state index contributed by atoms with van der Waals surface area (Å²) in [6, 6.07) is -0.652. The molecule has 5 rings (SSSR count). The number of hydrogen-bond acceptors (Lipinski definition) is 22. The Morgan fingerprint density at radius 1 is 0.489 bits per heavy atom. The average Bonchev–Trinajstić information content (AvgIpc) is 2.10. The monoisotopic (exact) mass is 1840 g/mol. The highest BCUT2D eigenvalue weighted by Gasteiger charge is 2.47. The number of carbonyl (C=O) groups excluding carboxylic acids is 16. The molecule has 1 aliphatic heterocycles. The number of aromatic nitrogens is 1. The van der Waals surface area contributed by atoms with Gasteiger partial charge in [0.15, 0.2) is 11.7 Å². The predicted molar refractivity (Wildman–Crippen MR) is 485 cm³/mol. The van der Waals surface area contributed by atoms with E-state index in [2.05, 4.69) is 86.3 Å². The van der Waals surface area contributed by atoms with E-state index in [-0.39, 0.29) is 128 Å². The summed E-state index contributed by atoms with van der Waals surface area (Å²) in [6.07, 6.45) is 10.1. The fourth-order valence-electron chi connectivity index (χ4n) is 15.9. The van der Waals surface area contributed by atoms with Crippen LogP contribution in [0.3, 0.4) is 0 Å². The number of carboxylic acids is 1. The van der Waals surface area contributed by atoms with Gasteiger partial charge in [0.25, 0.3) is 0 Å². The first-order chi connectivity index (χ1) is 62.6. The fraction of sp³-hybridized carbons (Fsp3) is 0.644. The summed E-state index contributed by atoms with van der Waals surface area (Å²) in [6.45, 7) is 6.35. The van der Waals surface area contributed by atoms with Crippen LogP contribution in [-0.2, 0) is 94.3 Å². The normalized spacial score (nSPS) is 16.9. The SMILES string of the molecule is CCCCCCCCCCCC(=O)NCCC(=O)NCCCC[C@H](NC(=O)[C@H](CO)NC(C)=O)C(=O)N[C@@H](CO)C(=O)N[C@@H](CCCC)C(=O)N[C@@H](CCC(=O)O)C(=O)C1CC(O)C[C@H]1C(=O)NC(Cc1ccccc1)C(=O)N[C@@H](CCCNC(=N)N)C(=O)N[C@@H](Cc1c[nH]c2ccccc12)C(=O)NCC(=O)N[C@@H](CCCCN)C(=O)N1CCCC1C(=O)N[C@H](C(N)=O)C(C)C. The standard InChI is InChI=1S/C90H142N20O21/c1-6-8-10-11-12-13-14-15-19-37-73(115)96-44-40-74(116)95-42-25-23-33-65(105-86(128)70(52-111)100-55(5)113)84(126)108-71(53-112)87(129)104-64(31-9-7-2)82(124)102-63(38-39-76(118)119)78(120)60-48-58(114)49-61(60)80(122)106-68(46-56-28-17-16-18-29-56)85(127)103-66(35-26-43-97-90(93)94)83(125)107-69(47-57-50-98-62-32-21-20-30-59(57)62)81(123)99-51-75(117)101-67(34-22-24-41-91)89(131)110-45-27-36-72(110)88(130)109-77(54(3)4)79(92)121/h16-18,20-21,28-30,32,50,54,58,60-61,63-72,77,98,111-112,114H,6-15,19,22-27,31,33-49,51-53,91H2,1-5H3,(H2,92,121)(H,95,116)(H,96,115)(H,99,123)(H,100,113)(H,101,117)(H,102,124)(H,103,127)(H,104,129)(H,105,128)(H,106,122)(H,107,125)(H,108,126)(H,109,130)(H,118,119)(H4,93,94,97)/t58?,60?,61-,63+,64+,65+,66+,67+,68?,69+,70+,71+,72?,77+/m1/s1. The number of para-hydroxylation sites is 1. The van der Waals surface area contributed by atoms with E-state index >= 15 is 19.2 Å². The van der Waals surface area contributed by atoms with Gasteiger partial charge in [0.05, 0.1) is 37.8 Å². The van der Waals surface area contributed by atoms with Gasteiger partial charge in [-0.2, -0.15) is 0 Å². The summed E-state index contributed by atoms with van der Waals surface area (Å²) in [5.74, 6) is -18.1. The van der Waals surface area contributed by atoms with Gasteiger partial charge in [-0.25, -0.2) is 0 Å². The summed E-state index contributed by atoms with van der Waals surface area (Å²) in [7, 11) is 0. The predicted octanol–water partition coefficient (Wildman–Crippen LogP) is -0.829. The van der Waals surface area contributed by atoms with Gasteiger partial charge in [-0.05, 0) is 126 Å². The molecule has 41 heteroatoms.